The van der Waals surface area contributed by atoms with Crippen LogP contribution in [0.25, 0.3) is 11.3 Å². The fourth-order valence-electron chi connectivity index (χ4n) is 16.4. The van der Waals surface area contributed by atoms with Crippen LogP contribution in [0, 0.1) is 23.7 Å². The van der Waals surface area contributed by atoms with Gasteiger partial charge < -0.3 is 65.1 Å². The normalized spacial score (nSPS) is 24.3. The molecule has 4 amide bonds. The molecule has 3 aromatic carbocycles. The van der Waals surface area contributed by atoms with Gasteiger partial charge in [-0.15, -0.1) is 0 Å². The van der Waals surface area contributed by atoms with E-state index in [1.807, 2.05) is 65.3 Å². The van der Waals surface area contributed by atoms with Crippen LogP contribution in [0.4, 0.5) is 11.5 Å². The van der Waals surface area contributed by atoms with Gasteiger partial charge in [0.05, 0.1) is 69.3 Å². The molecule has 6 aliphatic heterocycles. The Morgan fingerprint density at radius 1 is 0.740 bits per heavy atom. The van der Waals surface area contributed by atoms with Crippen LogP contribution in [0.2, 0.25) is 0 Å². The number of aliphatic hydroxyl groups is 1. The number of rotatable bonds is 18. The van der Waals surface area contributed by atoms with Gasteiger partial charge in [-0.25, -0.2) is 4.68 Å². The molecule has 4 aromatic rings. The summed E-state index contributed by atoms with van der Waals surface area (Å²) in [4.78, 5) is 107. The first-order valence-corrected chi connectivity index (χ1v) is 39.4. The van der Waals surface area contributed by atoms with Crippen LogP contribution < -0.4 is 50.2 Å². The predicted octanol–water partition coefficient (Wildman–Crippen LogP) is 7.76. The number of fused-ring (bicyclic) bond motifs is 2. The monoisotopic (exact) mass is 1470 g/mol. The number of esters is 1. The molecule has 104 heavy (non-hydrogen) atoms. The number of hydrogen-bond acceptors (Lipinski definition) is 21. The summed E-state index contributed by atoms with van der Waals surface area (Å²) < 4.78 is 51.1. The number of ketones is 2. The molecule has 564 valence electrons. The average molecular weight is 1470 g/mol. The summed E-state index contributed by atoms with van der Waals surface area (Å²) in [6, 6.07) is 22.3. The van der Waals surface area contributed by atoms with Gasteiger partial charge in [-0.3, -0.25) is 47.9 Å². The van der Waals surface area contributed by atoms with E-state index in [0.717, 1.165) is 190 Å². The Hall–Kier alpha value is -6.22. The predicted molar refractivity (Wildman–Crippen MR) is 388 cm³/mol. The molecule has 27 heteroatoms. The third kappa shape index (κ3) is 20.5. The van der Waals surface area contributed by atoms with Crippen LogP contribution in [0.1, 0.15) is 188 Å². The molecule has 4 saturated carbocycles. The third-order valence-electron chi connectivity index (χ3n) is 22.0. The van der Waals surface area contributed by atoms with Crippen LogP contribution in [-0.4, -0.2) is 206 Å². The van der Waals surface area contributed by atoms with Gasteiger partial charge in [0.2, 0.25) is 13.3 Å². The number of amides is 4. The molecule has 2 spiro atoms. The quantitative estimate of drug-likeness (QED) is 0.0214. The molecule has 4 N–H and O–H groups in total. The van der Waals surface area contributed by atoms with Gasteiger partial charge in [0.25, 0.3) is 17.7 Å². The number of piperidine rings is 1. The number of aldehydes is 1. The molecule has 0 radical (unpaired) electrons. The topological polar surface area (TPSA) is 307 Å². The van der Waals surface area contributed by atoms with Crippen molar-refractivity contribution < 1.29 is 112 Å². The van der Waals surface area contributed by atoms with Crippen molar-refractivity contribution in [3.05, 3.63) is 89.5 Å². The molecule has 7 heterocycles. The molecular formula is C77H108N8NaO17P. The Kier molecular flexibility index (Phi) is 29.9. The number of likely N-dealkylation sites (tertiary alicyclic amines) is 1. The van der Waals surface area contributed by atoms with E-state index in [1.165, 1.54) is 6.66 Å². The second kappa shape index (κ2) is 38.0. The van der Waals surface area contributed by atoms with Gasteiger partial charge in [0.15, 0.2) is 17.4 Å². The number of anilines is 2. The zero-order chi connectivity index (χ0) is 72.0. The number of para-hydroxylation sites is 1. The second-order valence-corrected chi connectivity index (χ2v) is 31.3. The molecule has 8 fully saturated rings. The van der Waals surface area contributed by atoms with E-state index < -0.39 is 37.1 Å². The number of piperazine rings is 1. The van der Waals surface area contributed by atoms with E-state index in [4.69, 9.17) is 44.1 Å². The number of nitrogens with zero attached hydrogens (tertiary/aromatic N) is 6. The molecule has 0 bridgehead atoms. The molecule has 4 saturated heterocycles. The van der Waals surface area contributed by atoms with Crippen LogP contribution in [0.5, 0.6) is 11.5 Å². The SMILES string of the molecule is C.CCOC(=O)CP(C)(=O)OCC.NC(=O)c1c(-c2ccc(Oc3ccccc3)cc2)nn2c1NCC[C@H]2C1CCN(C(=O)CCC2CCC(N3CCN(c4ccc5c(c4)C(=O)N(C4CCC(=O)CC4=O)C5=O)CC3)CC2)CC1.O=CC1CCC2(CC1)OCCO2.OCC1CCC2(CC1)OCCO2.[H-].[Na+]. The van der Waals surface area contributed by atoms with E-state index >= 15 is 0 Å². The zero-order valence-corrected chi connectivity index (χ0v) is 63.4. The third-order valence-corrected chi connectivity index (χ3v) is 23.7. The van der Waals surface area contributed by atoms with E-state index in [0.29, 0.717) is 97.2 Å². The van der Waals surface area contributed by atoms with Gasteiger partial charge >= 0.3 is 35.5 Å². The molecule has 3 atom stereocenters. The number of hydrogen-bond donors (Lipinski definition) is 3. The minimum atomic E-state index is -2.75. The molecule has 25 nitrogen and oxygen atoms in total. The maximum atomic E-state index is 13.6. The first-order valence-electron chi connectivity index (χ1n) is 37.1. The van der Waals surface area contributed by atoms with Gasteiger partial charge in [0, 0.05) is 121 Å². The van der Waals surface area contributed by atoms with E-state index in [2.05, 4.69) is 24.8 Å². The van der Waals surface area contributed by atoms with Crippen LogP contribution in [0.3, 0.4) is 0 Å². The summed E-state index contributed by atoms with van der Waals surface area (Å²) in [5.41, 5.74) is 9.29. The molecule has 14 rings (SSSR count). The summed E-state index contributed by atoms with van der Waals surface area (Å²) >= 11 is 0. The van der Waals surface area contributed by atoms with Gasteiger partial charge in [-0.05, 0) is 170 Å². The van der Waals surface area contributed by atoms with E-state index in [-0.39, 0.29) is 105 Å². The Morgan fingerprint density at radius 3 is 1.94 bits per heavy atom. The van der Waals surface area contributed by atoms with Crippen molar-refractivity contribution in [2.45, 2.75) is 179 Å². The summed E-state index contributed by atoms with van der Waals surface area (Å²) in [6.07, 6.45) is 17.4. The number of primary amides is 1. The fraction of sp³-hybridized carbons (Fsp3) is 0.623. The average Bonchev–Trinajstić information content (AvgIpc) is 1.62. The number of carbonyl (C=O) groups excluding carboxylic acids is 8. The number of benzene rings is 3. The number of imide groups is 1. The van der Waals surface area contributed by atoms with Gasteiger partial charge in [-0.2, -0.15) is 5.10 Å². The number of carbonyl (C=O) groups is 8. The first-order chi connectivity index (χ1) is 49.3. The van der Waals surface area contributed by atoms with E-state index in [1.54, 1.807) is 26.0 Å². The number of nitrogens with one attached hydrogen (secondary N) is 1. The Morgan fingerprint density at radius 2 is 1.36 bits per heavy atom. The number of nitrogens with two attached hydrogens (primary N) is 1. The maximum Gasteiger partial charge on any atom is 1.00 e. The van der Waals surface area contributed by atoms with E-state index in [9.17, 15) is 42.9 Å². The molecular weight excluding hydrogens is 1360 g/mol. The molecule has 10 aliphatic rings. The number of Topliss-reactive ketones (excluding diaryl/α,β-unsaturated/α-hetero) is 2. The zero-order valence-electron chi connectivity index (χ0n) is 61.5. The summed E-state index contributed by atoms with van der Waals surface area (Å²) in [5.74, 6) is 0.998. The Bertz CT molecular complexity index is 3610. The largest absolute Gasteiger partial charge is 1.00 e. The van der Waals surface area contributed by atoms with Crippen LogP contribution in [0.15, 0.2) is 72.8 Å². The van der Waals surface area contributed by atoms with Crippen molar-refractivity contribution in [2.75, 3.05) is 115 Å². The maximum absolute atomic E-state index is 13.6. The summed E-state index contributed by atoms with van der Waals surface area (Å²) in [7, 11) is -2.75. The standard InChI is InChI=1S/C51H58N8O7.C9H16O3.C9H14O3.C7H15O4P.CH4.Na.H/c52-48(63)46-47(34-9-15-39(16-10-34)66-38-4-2-1-3-5-38)54-59-42(20-23-53-49(46)59)33-21-24-57(25-22-33)45(62)19-8-32-6-11-35(12-7-32)55-26-28-56(29-27-55)36-13-17-40-41(30-36)51(65)58(50(40)64)43-18-14-37(60)31-44(43)61;2*10-7-8-1-3-9(4-2-8)11-5-6-12-9;1-4-10-7(8)6-12(3,9)11-5-2;;;/h1-5,9-10,13,15-17,30,32-33,35,42-43,53H,6-8,11-12,14,18-29,31H2,(H2,52,63);8,10H,1-7H2;7-8H,1-6H2;4-6H2,1-3H3;1H4;;/q;;;;;+1;-1/t32?,35?,42-,43?;;;;;;/m0....../s1. The second-order valence-electron chi connectivity index (χ2n) is 28.7. The Balaban J connectivity index is 0.000000289. The number of aromatic nitrogens is 2. The fourth-order valence-corrected chi connectivity index (χ4v) is 17.5. The molecule has 4 aliphatic carbocycles. The summed E-state index contributed by atoms with van der Waals surface area (Å²) in [5, 5.41) is 17.4. The van der Waals surface area contributed by atoms with Crippen molar-refractivity contribution in [3.63, 3.8) is 0 Å². The first kappa shape index (κ1) is 81.8. The van der Waals surface area contributed by atoms with Crippen molar-refractivity contribution in [1.29, 1.82) is 0 Å². The molecule has 2 unspecified atom stereocenters. The van der Waals surface area contributed by atoms with Crippen molar-refractivity contribution >= 4 is 66.3 Å². The van der Waals surface area contributed by atoms with Crippen molar-refractivity contribution in [2.24, 2.45) is 29.4 Å². The van der Waals surface area contributed by atoms with Crippen molar-refractivity contribution in [1.82, 2.24) is 24.5 Å². The van der Waals surface area contributed by atoms with Crippen LogP contribution >= 0.6 is 7.37 Å². The minimum absolute atomic E-state index is 0. The summed E-state index contributed by atoms with van der Waals surface area (Å²) in [6.45, 7) is 14.4. The Labute approximate surface area is 635 Å². The smallest absolute Gasteiger partial charge is 1.00 e. The van der Waals surface area contributed by atoms with Crippen LogP contribution in [-0.2, 0) is 56.7 Å². The number of aliphatic hydroxyl groups excluding tert-OH is 1. The minimum Gasteiger partial charge on any atom is -1.00 e. The van der Waals surface area contributed by atoms with Crippen molar-refractivity contribution in [3.8, 4) is 22.8 Å². The number of ether oxygens (including phenoxy) is 6. The van der Waals surface area contributed by atoms with Gasteiger partial charge in [-0.1, -0.05) is 25.6 Å². The molecule has 1 aromatic heterocycles. The van der Waals surface area contributed by atoms with Gasteiger partial charge in [0.1, 0.15) is 46.8 Å².